The summed E-state index contributed by atoms with van der Waals surface area (Å²) in [4.78, 5) is 21.1. The molecule has 5 heteroatoms. The zero-order valence-corrected chi connectivity index (χ0v) is 8.90. The van der Waals surface area contributed by atoms with E-state index >= 15 is 0 Å². The van der Waals surface area contributed by atoms with Crippen molar-refractivity contribution in [3.63, 3.8) is 0 Å². The van der Waals surface area contributed by atoms with Gasteiger partial charge in [-0.05, 0) is 26.7 Å². The Morgan fingerprint density at radius 1 is 1.73 bits per heavy atom. The summed E-state index contributed by atoms with van der Waals surface area (Å²) in [6, 6.07) is 0. The van der Waals surface area contributed by atoms with Crippen LogP contribution >= 0.6 is 0 Å². The van der Waals surface area contributed by atoms with Crippen molar-refractivity contribution in [1.82, 2.24) is 0 Å². The van der Waals surface area contributed by atoms with Crippen LogP contribution in [0.5, 0.6) is 0 Å². The second-order valence-corrected chi connectivity index (χ2v) is 4.16. The van der Waals surface area contributed by atoms with Crippen LogP contribution in [0.3, 0.4) is 0 Å². The smallest absolute Gasteiger partial charge is 0.236 e. The summed E-state index contributed by atoms with van der Waals surface area (Å²) in [5.74, 6) is -0.496. The third-order valence-electron chi connectivity index (χ3n) is 3.08. The van der Waals surface area contributed by atoms with Crippen LogP contribution < -0.4 is 0 Å². The van der Waals surface area contributed by atoms with Gasteiger partial charge in [-0.3, -0.25) is 14.9 Å². The minimum Gasteiger partial charge on any atom is -0.385 e. The van der Waals surface area contributed by atoms with Gasteiger partial charge in [0.15, 0.2) is 0 Å². The van der Waals surface area contributed by atoms with E-state index in [2.05, 4.69) is 0 Å². The number of carbonyl (C=O) groups is 1. The molecule has 1 aliphatic rings. The molecule has 0 unspecified atom stereocenters. The first-order valence-corrected chi connectivity index (χ1v) is 4.93. The number of ketones is 1. The summed E-state index contributed by atoms with van der Waals surface area (Å²) in [6.45, 7) is 2.95. The Bertz CT molecular complexity index is 319. The molecule has 0 aromatic carbocycles. The van der Waals surface area contributed by atoms with Crippen LogP contribution in [-0.4, -0.2) is 21.4 Å². The summed E-state index contributed by atoms with van der Waals surface area (Å²) < 4.78 is 0. The number of nitro groups is 1. The minimum atomic E-state index is -1.39. The molecule has 0 spiro atoms. The zero-order chi connectivity index (χ0) is 11.6. The third-order valence-corrected chi connectivity index (χ3v) is 3.08. The fraction of sp³-hybridized carbons (Fsp3) is 0.700. The third kappa shape index (κ3) is 2.41. The normalized spacial score (nSPS) is 26.5. The average molecular weight is 213 g/mol. The maximum Gasteiger partial charge on any atom is 0.236 e. The molecule has 0 bridgehead atoms. The summed E-state index contributed by atoms with van der Waals surface area (Å²) in [5.41, 5.74) is -1.16. The van der Waals surface area contributed by atoms with Crippen LogP contribution in [0.1, 0.15) is 33.1 Å². The topological polar surface area (TPSA) is 80.4 Å². The van der Waals surface area contributed by atoms with E-state index in [1.165, 1.54) is 13.8 Å². The van der Waals surface area contributed by atoms with Crippen molar-refractivity contribution in [1.29, 1.82) is 0 Å². The molecular formula is C10H15NO4. The van der Waals surface area contributed by atoms with Crippen molar-refractivity contribution in [2.75, 3.05) is 0 Å². The van der Waals surface area contributed by atoms with E-state index in [-0.39, 0.29) is 11.4 Å². The molecule has 1 saturated carbocycles. The van der Waals surface area contributed by atoms with Crippen molar-refractivity contribution in [3.8, 4) is 0 Å². The van der Waals surface area contributed by atoms with E-state index < -0.39 is 16.4 Å². The lowest BCUT2D eigenvalue weighted by Crippen LogP contribution is -2.38. The first-order valence-electron chi connectivity index (χ1n) is 4.93. The van der Waals surface area contributed by atoms with E-state index in [9.17, 15) is 20.0 Å². The number of carbonyl (C=O) groups excluding carboxylic acids is 1. The van der Waals surface area contributed by atoms with Crippen molar-refractivity contribution >= 4 is 5.78 Å². The molecular weight excluding hydrogens is 198 g/mol. The SMILES string of the molecule is C/C(=C\[N+](=O)[O-])[C@](C)(O)[C@@H]1CCCC1=O. The highest BCUT2D eigenvalue weighted by atomic mass is 16.6. The molecule has 1 fully saturated rings. The summed E-state index contributed by atoms with van der Waals surface area (Å²) in [6.07, 6.45) is 2.60. The lowest BCUT2D eigenvalue weighted by molar-refractivity contribution is -0.404. The Balaban J connectivity index is 2.90. The number of hydrogen-bond acceptors (Lipinski definition) is 4. The predicted octanol–water partition coefficient (Wildman–Crippen LogP) is 1.29. The van der Waals surface area contributed by atoms with Crippen LogP contribution in [0.4, 0.5) is 0 Å². The Labute approximate surface area is 87.9 Å². The zero-order valence-electron chi connectivity index (χ0n) is 8.90. The molecule has 1 aliphatic carbocycles. The second kappa shape index (κ2) is 4.10. The Morgan fingerprint density at radius 3 is 2.73 bits per heavy atom. The van der Waals surface area contributed by atoms with Gasteiger partial charge in [-0.1, -0.05) is 0 Å². The van der Waals surface area contributed by atoms with E-state index in [1.54, 1.807) is 0 Å². The van der Waals surface area contributed by atoms with Gasteiger partial charge in [-0.25, -0.2) is 0 Å². The van der Waals surface area contributed by atoms with Gasteiger partial charge in [0.1, 0.15) is 5.78 Å². The van der Waals surface area contributed by atoms with Crippen LogP contribution in [0.15, 0.2) is 11.8 Å². The number of nitrogens with zero attached hydrogens (tertiary/aromatic N) is 1. The van der Waals surface area contributed by atoms with Gasteiger partial charge in [0.2, 0.25) is 6.20 Å². The highest BCUT2D eigenvalue weighted by Gasteiger charge is 2.41. The summed E-state index contributed by atoms with van der Waals surface area (Å²) in [7, 11) is 0. The first kappa shape index (κ1) is 11.8. The Kier molecular flexibility index (Phi) is 3.24. The quantitative estimate of drug-likeness (QED) is 0.565. The van der Waals surface area contributed by atoms with E-state index in [4.69, 9.17) is 0 Å². The number of aliphatic hydroxyl groups is 1. The van der Waals surface area contributed by atoms with E-state index in [1.807, 2.05) is 0 Å². The molecule has 15 heavy (non-hydrogen) atoms. The fourth-order valence-electron chi connectivity index (χ4n) is 1.97. The van der Waals surface area contributed by atoms with E-state index in [0.29, 0.717) is 12.8 Å². The maximum atomic E-state index is 11.5. The van der Waals surface area contributed by atoms with Gasteiger partial charge in [0, 0.05) is 12.0 Å². The molecule has 1 N–H and O–H groups in total. The lowest BCUT2D eigenvalue weighted by atomic mass is 9.82. The van der Waals surface area contributed by atoms with Crippen LogP contribution in [-0.2, 0) is 4.79 Å². The van der Waals surface area contributed by atoms with Crippen molar-refractivity contribution in [2.45, 2.75) is 38.7 Å². The average Bonchev–Trinajstić information content (AvgIpc) is 2.50. The first-order chi connectivity index (χ1) is 6.85. The highest BCUT2D eigenvalue weighted by molar-refractivity contribution is 5.84. The molecule has 0 heterocycles. The molecule has 0 aliphatic heterocycles. The van der Waals surface area contributed by atoms with Gasteiger partial charge in [-0.15, -0.1) is 0 Å². The predicted molar refractivity (Wildman–Crippen MR) is 53.7 cm³/mol. The van der Waals surface area contributed by atoms with Gasteiger partial charge < -0.3 is 5.11 Å². The summed E-state index contributed by atoms with van der Waals surface area (Å²) in [5, 5.41) is 20.4. The lowest BCUT2D eigenvalue weighted by Gasteiger charge is -2.28. The van der Waals surface area contributed by atoms with Gasteiger partial charge in [-0.2, -0.15) is 0 Å². The molecule has 0 radical (unpaired) electrons. The number of hydrogen-bond donors (Lipinski definition) is 1. The largest absolute Gasteiger partial charge is 0.385 e. The van der Waals surface area contributed by atoms with Crippen LogP contribution in [0.25, 0.3) is 0 Å². The summed E-state index contributed by atoms with van der Waals surface area (Å²) >= 11 is 0. The van der Waals surface area contributed by atoms with Gasteiger partial charge in [0.05, 0.1) is 16.4 Å². The number of Topliss-reactive ketones (excluding diaryl/α,β-unsaturated/α-hetero) is 1. The van der Waals surface area contributed by atoms with Gasteiger partial charge in [0.25, 0.3) is 0 Å². The molecule has 2 atom stereocenters. The standard InChI is InChI=1S/C10H15NO4/c1-7(6-11(14)15)10(2,13)8-4-3-5-9(8)12/h6,8,13H,3-5H2,1-2H3/b7-6+/t8-,10+/m1/s1. The molecule has 5 nitrogen and oxygen atoms in total. The number of rotatable bonds is 3. The molecule has 0 aromatic rings. The Morgan fingerprint density at radius 2 is 2.33 bits per heavy atom. The Hall–Kier alpha value is -1.23. The van der Waals surface area contributed by atoms with Gasteiger partial charge >= 0.3 is 0 Å². The minimum absolute atomic E-state index is 0.00361. The molecule has 0 aromatic heterocycles. The molecule has 0 saturated heterocycles. The van der Waals surface area contributed by atoms with Crippen LogP contribution in [0.2, 0.25) is 0 Å². The maximum absolute atomic E-state index is 11.5. The van der Waals surface area contributed by atoms with Crippen molar-refractivity contribution in [2.24, 2.45) is 5.92 Å². The molecule has 0 amide bonds. The fourth-order valence-corrected chi connectivity index (χ4v) is 1.97. The monoisotopic (exact) mass is 213 g/mol. The highest BCUT2D eigenvalue weighted by Crippen LogP contribution is 2.35. The van der Waals surface area contributed by atoms with Crippen LogP contribution in [0, 0.1) is 16.0 Å². The van der Waals surface area contributed by atoms with Crippen molar-refractivity contribution in [3.05, 3.63) is 21.9 Å². The molecule has 1 rings (SSSR count). The molecule has 84 valence electrons. The van der Waals surface area contributed by atoms with Crippen molar-refractivity contribution < 1.29 is 14.8 Å². The second-order valence-electron chi connectivity index (χ2n) is 4.16. The van der Waals surface area contributed by atoms with E-state index in [0.717, 1.165) is 12.6 Å².